The van der Waals surface area contributed by atoms with Crippen LogP contribution >= 0.6 is 12.2 Å². The van der Waals surface area contributed by atoms with E-state index in [9.17, 15) is 0 Å². The van der Waals surface area contributed by atoms with Gasteiger partial charge in [-0.25, -0.2) is 0 Å². The summed E-state index contributed by atoms with van der Waals surface area (Å²) in [5.74, 6) is 0.629. The van der Waals surface area contributed by atoms with Crippen LogP contribution in [0.1, 0.15) is 44.9 Å². The zero-order valence-electron chi connectivity index (χ0n) is 10.5. The van der Waals surface area contributed by atoms with Crippen molar-refractivity contribution in [3.05, 3.63) is 0 Å². The number of thiocarbonyl (C=S) groups is 1. The van der Waals surface area contributed by atoms with Gasteiger partial charge in [-0.3, -0.25) is 0 Å². The van der Waals surface area contributed by atoms with Crippen molar-refractivity contribution in [1.82, 2.24) is 4.90 Å². The van der Waals surface area contributed by atoms with Crippen molar-refractivity contribution in [2.45, 2.75) is 56.4 Å². The molecule has 0 aromatic heterocycles. The molecule has 2 fully saturated rings. The first-order valence-electron chi connectivity index (χ1n) is 6.57. The van der Waals surface area contributed by atoms with Crippen molar-refractivity contribution in [3.63, 3.8) is 0 Å². The zero-order valence-corrected chi connectivity index (χ0v) is 11.4. The van der Waals surface area contributed by atoms with Crippen molar-refractivity contribution in [1.29, 1.82) is 0 Å². The zero-order chi connectivity index (χ0) is 11.8. The summed E-state index contributed by atoms with van der Waals surface area (Å²) in [4.78, 5) is 3.47. The summed E-state index contributed by atoms with van der Waals surface area (Å²) in [6.45, 7) is 0. The molecule has 0 bridgehead atoms. The second-order valence-corrected chi connectivity index (χ2v) is 6.29. The maximum atomic E-state index is 6.54. The van der Waals surface area contributed by atoms with E-state index in [0.29, 0.717) is 12.0 Å². The number of piperidine rings is 1. The van der Waals surface area contributed by atoms with Crippen LogP contribution in [0.4, 0.5) is 0 Å². The van der Waals surface area contributed by atoms with Crippen LogP contribution in [0.15, 0.2) is 0 Å². The molecule has 0 amide bonds. The van der Waals surface area contributed by atoms with Crippen molar-refractivity contribution in [3.8, 4) is 0 Å². The fraction of sp³-hybridized carbons (Fsp3) is 0.917. The molecule has 2 rings (SSSR count). The first kappa shape index (κ1) is 12.4. The molecule has 1 heterocycles. The number of hydrogen-bond donors (Lipinski definition) is 1. The van der Waals surface area contributed by atoms with Gasteiger partial charge in [0.2, 0.25) is 0 Å². The first-order valence-corrected chi connectivity index (χ1v) is 6.98. The van der Waals surface area contributed by atoms with Crippen LogP contribution in [0.3, 0.4) is 0 Å². The SMILES string of the molecule is BC1(N)CCCCCC2C1CCC(=S)N2C. The lowest BCUT2D eigenvalue weighted by atomic mass is 9.59. The van der Waals surface area contributed by atoms with E-state index in [4.69, 9.17) is 18.0 Å². The predicted molar refractivity (Wildman–Crippen MR) is 75.4 cm³/mol. The Kier molecular flexibility index (Phi) is 3.60. The third-order valence-electron chi connectivity index (χ3n) is 4.59. The van der Waals surface area contributed by atoms with E-state index in [0.717, 1.165) is 11.4 Å². The van der Waals surface area contributed by atoms with Gasteiger partial charge in [0.1, 0.15) is 7.85 Å². The summed E-state index contributed by atoms with van der Waals surface area (Å²) in [6.07, 6.45) is 8.66. The molecule has 0 aromatic rings. The van der Waals surface area contributed by atoms with Gasteiger partial charge in [-0.2, -0.15) is 0 Å². The highest BCUT2D eigenvalue weighted by Crippen LogP contribution is 2.37. The van der Waals surface area contributed by atoms with Crippen LogP contribution in [-0.4, -0.2) is 36.3 Å². The van der Waals surface area contributed by atoms with Gasteiger partial charge in [-0.15, -0.1) is 0 Å². The highest BCUT2D eigenvalue weighted by atomic mass is 32.1. The van der Waals surface area contributed by atoms with Gasteiger partial charge in [-0.1, -0.05) is 31.5 Å². The lowest BCUT2D eigenvalue weighted by molar-refractivity contribution is 0.144. The van der Waals surface area contributed by atoms with E-state index in [-0.39, 0.29) is 5.44 Å². The topological polar surface area (TPSA) is 29.3 Å². The molecule has 0 spiro atoms. The third-order valence-corrected chi connectivity index (χ3v) is 5.08. The van der Waals surface area contributed by atoms with E-state index < -0.39 is 0 Å². The van der Waals surface area contributed by atoms with Gasteiger partial charge in [0.15, 0.2) is 0 Å². The number of hydrogen-bond acceptors (Lipinski definition) is 2. The average Bonchev–Trinajstić information content (AvgIpc) is 2.21. The van der Waals surface area contributed by atoms with Gasteiger partial charge in [0.25, 0.3) is 0 Å². The molecule has 2 aliphatic rings. The Morgan fingerprint density at radius 3 is 2.88 bits per heavy atom. The number of nitrogens with two attached hydrogens (primary N) is 1. The average molecular weight is 238 g/mol. The monoisotopic (exact) mass is 238 g/mol. The molecule has 4 heteroatoms. The maximum absolute atomic E-state index is 6.54. The van der Waals surface area contributed by atoms with E-state index in [1.54, 1.807) is 0 Å². The minimum absolute atomic E-state index is 0.00931. The first-order chi connectivity index (χ1) is 7.52. The minimum atomic E-state index is 0.00931. The van der Waals surface area contributed by atoms with Crippen LogP contribution in [0.25, 0.3) is 0 Å². The summed E-state index contributed by atoms with van der Waals surface area (Å²) in [7, 11) is 4.41. The minimum Gasteiger partial charge on any atom is -0.366 e. The van der Waals surface area contributed by atoms with Crippen molar-refractivity contribution < 1.29 is 0 Å². The summed E-state index contributed by atoms with van der Waals surface area (Å²) in [5.41, 5.74) is 6.55. The number of nitrogens with zero attached hydrogens (tertiary/aromatic N) is 1. The smallest absolute Gasteiger partial charge is 0.127 e. The third kappa shape index (κ3) is 2.28. The number of rotatable bonds is 0. The van der Waals surface area contributed by atoms with Crippen LogP contribution in [0.5, 0.6) is 0 Å². The fourth-order valence-electron chi connectivity index (χ4n) is 3.49. The van der Waals surface area contributed by atoms with Crippen molar-refractivity contribution in [2.75, 3.05) is 7.05 Å². The van der Waals surface area contributed by atoms with Crippen LogP contribution in [0, 0.1) is 5.92 Å². The van der Waals surface area contributed by atoms with Gasteiger partial charge in [-0.05, 0) is 37.0 Å². The molecule has 1 aliphatic carbocycles. The normalized spacial score (nSPS) is 41.1. The van der Waals surface area contributed by atoms with Gasteiger partial charge in [0, 0.05) is 13.1 Å². The molecule has 3 atom stereocenters. The Morgan fingerprint density at radius 1 is 1.38 bits per heavy atom. The van der Waals surface area contributed by atoms with Crippen LogP contribution in [-0.2, 0) is 0 Å². The molecule has 1 aliphatic heterocycles. The molecule has 2 nitrogen and oxygen atoms in total. The molecule has 1 saturated carbocycles. The van der Waals surface area contributed by atoms with E-state index in [1.165, 1.54) is 38.5 Å². The lowest BCUT2D eigenvalue weighted by Crippen LogP contribution is -2.59. The summed E-state index contributed by atoms with van der Waals surface area (Å²) < 4.78 is 0. The highest BCUT2D eigenvalue weighted by molar-refractivity contribution is 7.80. The van der Waals surface area contributed by atoms with E-state index >= 15 is 0 Å². The molecule has 1 saturated heterocycles. The molecule has 90 valence electrons. The van der Waals surface area contributed by atoms with Gasteiger partial charge < -0.3 is 10.6 Å². The Balaban J connectivity index is 2.20. The maximum Gasteiger partial charge on any atom is 0.127 e. The highest BCUT2D eigenvalue weighted by Gasteiger charge is 2.41. The second-order valence-electron chi connectivity index (χ2n) is 5.82. The van der Waals surface area contributed by atoms with Crippen molar-refractivity contribution >= 4 is 25.1 Å². The van der Waals surface area contributed by atoms with Crippen molar-refractivity contribution in [2.24, 2.45) is 11.7 Å². The Bertz CT molecular complexity index is 280. The number of likely N-dealkylation sites (tertiary alicyclic amines) is 1. The Hall–Kier alpha value is -0.0851. The van der Waals surface area contributed by atoms with E-state index in [1.807, 2.05) is 0 Å². The summed E-state index contributed by atoms with van der Waals surface area (Å²) >= 11 is 5.43. The fourth-order valence-corrected chi connectivity index (χ4v) is 3.74. The largest absolute Gasteiger partial charge is 0.366 e. The van der Waals surface area contributed by atoms with E-state index in [2.05, 4.69) is 19.8 Å². The molecule has 3 unspecified atom stereocenters. The molecule has 2 N–H and O–H groups in total. The Labute approximate surface area is 105 Å². The standard InChI is InChI=1S/C12H23BN2S/c1-15-10-5-3-2-4-8-12(13,14)9(10)6-7-11(15)16/h9-10H,2-8,13-14H2,1H3. The van der Waals surface area contributed by atoms with Gasteiger partial charge in [0.05, 0.1) is 4.99 Å². The Morgan fingerprint density at radius 2 is 2.12 bits per heavy atom. The number of fused-ring (bicyclic) bond motifs is 1. The molecule has 0 radical (unpaired) electrons. The van der Waals surface area contributed by atoms with Crippen LogP contribution < -0.4 is 5.73 Å². The van der Waals surface area contributed by atoms with Crippen LogP contribution in [0.2, 0.25) is 0 Å². The second kappa shape index (κ2) is 4.65. The molecule has 16 heavy (non-hydrogen) atoms. The summed E-state index contributed by atoms with van der Waals surface area (Å²) in [5, 5.41) is 0. The predicted octanol–water partition coefficient (Wildman–Crippen LogP) is 1.28. The quantitative estimate of drug-likeness (QED) is 0.509. The lowest BCUT2D eigenvalue weighted by Gasteiger charge is -2.49. The molecular weight excluding hydrogens is 215 g/mol. The summed E-state index contributed by atoms with van der Waals surface area (Å²) in [6, 6.07) is 0.594. The molecular formula is C12H23BN2S. The molecule has 0 aromatic carbocycles. The van der Waals surface area contributed by atoms with Gasteiger partial charge >= 0.3 is 0 Å².